The number of benzene rings is 2. The van der Waals surface area contributed by atoms with Crippen LogP contribution in [0, 0.1) is 0 Å². The lowest BCUT2D eigenvalue weighted by Gasteiger charge is -2.12. The van der Waals surface area contributed by atoms with Crippen molar-refractivity contribution in [3.05, 3.63) is 48.0 Å². The number of carbonyl (C=O) groups excluding carboxylic acids is 1. The maximum absolute atomic E-state index is 12.6. The second-order valence-electron chi connectivity index (χ2n) is 4.45. The monoisotopic (exact) mass is 318 g/mol. The summed E-state index contributed by atoms with van der Waals surface area (Å²) >= 11 is 0. The number of ether oxygens (including phenoxy) is 3. The second-order valence-corrected chi connectivity index (χ2v) is 5.73. The summed E-state index contributed by atoms with van der Waals surface area (Å²) < 4.78 is 16.0. The molecule has 0 fully saturated rings. The zero-order valence-corrected chi connectivity index (χ0v) is 13.9. The summed E-state index contributed by atoms with van der Waals surface area (Å²) in [5, 5.41) is 0.946. The molecule has 2 rings (SSSR count). The fraction of sp³-hybridized carbons (Fsp3) is 0.235. The molecule has 0 aliphatic rings. The first-order valence-corrected chi connectivity index (χ1v) is 7.94. The van der Waals surface area contributed by atoms with E-state index < -0.39 is 0 Å². The van der Waals surface area contributed by atoms with Gasteiger partial charge in [0.1, 0.15) is 22.8 Å². The Labute approximate surface area is 132 Å². The van der Waals surface area contributed by atoms with Crippen LogP contribution in [0.4, 0.5) is 0 Å². The van der Waals surface area contributed by atoms with Crippen LogP contribution in [0.2, 0.25) is 0 Å². The predicted octanol–water partition coefficient (Wildman–Crippen LogP) is 3.25. The van der Waals surface area contributed by atoms with E-state index >= 15 is 0 Å². The Morgan fingerprint density at radius 3 is 2.09 bits per heavy atom. The Morgan fingerprint density at radius 2 is 1.59 bits per heavy atom. The van der Waals surface area contributed by atoms with Gasteiger partial charge in [0.15, 0.2) is 5.52 Å². The zero-order chi connectivity index (χ0) is 15.9. The van der Waals surface area contributed by atoms with Crippen LogP contribution < -0.4 is 19.5 Å². The standard InChI is InChI=1S/C17H19O4P/c1-4-21-12-8-10-13(11-9-12)22-17(18)16-14(19-2)6-5-7-15(16)20-3/h5-11,22H,4H2,1-3H3. The fourth-order valence-electron chi connectivity index (χ4n) is 2.07. The van der Waals surface area contributed by atoms with Crippen LogP contribution in [-0.2, 0) is 0 Å². The third-order valence-electron chi connectivity index (χ3n) is 3.08. The molecule has 4 nitrogen and oxygen atoms in total. The van der Waals surface area contributed by atoms with Crippen LogP contribution in [0.25, 0.3) is 0 Å². The fourth-order valence-corrected chi connectivity index (χ4v) is 3.04. The lowest BCUT2D eigenvalue weighted by Crippen LogP contribution is -2.05. The molecule has 0 aromatic heterocycles. The van der Waals surface area contributed by atoms with E-state index in [9.17, 15) is 4.79 Å². The van der Waals surface area contributed by atoms with Gasteiger partial charge in [-0.2, -0.15) is 0 Å². The van der Waals surface area contributed by atoms with E-state index in [1.807, 2.05) is 31.2 Å². The molecule has 5 heteroatoms. The summed E-state index contributed by atoms with van der Waals surface area (Å²) in [5.41, 5.74) is 0.471. The van der Waals surface area contributed by atoms with Crippen molar-refractivity contribution < 1.29 is 19.0 Å². The summed E-state index contributed by atoms with van der Waals surface area (Å²) in [5.74, 6) is 1.86. The molecule has 116 valence electrons. The van der Waals surface area contributed by atoms with Crippen LogP contribution >= 0.6 is 8.58 Å². The Kier molecular flexibility index (Phi) is 5.79. The van der Waals surface area contributed by atoms with E-state index in [0.29, 0.717) is 23.7 Å². The van der Waals surface area contributed by atoms with Crippen molar-refractivity contribution >= 4 is 19.4 Å². The molecule has 0 aliphatic carbocycles. The Bertz CT molecular complexity index is 615. The first-order chi connectivity index (χ1) is 10.7. The summed E-state index contributed by atoms with van der Waals surface area (Å²) in [6.07, 6.45) is 0. The summed E-state index contributed by atoms with van der Waals surface area (Å²) in [6, 6.07) is 12.9. The molecule has 0 aliphatic heterocycles. The van der Waals surface area contributed by atoms with Crippen molar-refractivity contribution in [1.29, 1.82) is 0 Å². The van der Waals surface area contributed by atoms with Gasteiger partial charge in [-0.05, 0) is 45.1 Å². The molecule has 0 heterocycles. The van der Waals surface area contributed by atoms with Gasteiger partial charge >= 0.3 is 0 Å². The molecule has 2 aromatic carbocycles. The molecular weight excluding hydrogens is 299 g/mol. The van der Waals surface area contributed by atoms with E-state index in [4.69, 9.17) is 14.2 Å². The smallest absolute Gasteiger partial charge is 0.193 e. The summed E-state index contributed by atoms with van der Waals surface area (Å²) in [7, 11) is 3.09. The molecular formula is C17H19O4P. The van der Waals surface area contributed by atoms with E-state index in [-0.39, 0.29) is 14.1 Å². The third kappa shape index (κ3) is 3.77. The van der Waals surface area contributed by atoms with E-state index in [1.165, 1.54) is 0 Å². The van der Waals surface area contributed by atoms with Gasteiger partial charge in [0.2, 0.25) is 0 Å². The number of hydrogen-bond acceptors (Lipinski definition) is 4. The largest absolute Gasteiger partial charge is 0.496 e. The number of carbonyl (C=O) groups is 1. The highest BCUT2D eigenvalue weighted by molar-refractivity contribution is 7.66. The average molecular weight is 318 g/mol. The van der Waals surface area contributed by atoms with Gasteiger partial charge in [-0.15, -0.1) is 0 Å². The van der Waals surface area contributed by atoms with Crippen molar-refractivity contribution in [2.24, 2.45) is 0 Å². The van der Waals surface area contributed by atoms with Crippen LogP contribution in [-0.4, -0.2) is 26.4 Å². The van der Waals surface area contributed by atoms with Gasteiger partial charge in [-0.25, -0.2) is 0 Å². The molecule has 0 bridgehead atoms. The van der Waals surface area contributed by atoms with Crippen LogP contribution in [0.15, 0.2) is 42.5 Å². The first-order valence-electron chi connectivity index (χ1n) is 6.94. The van der Waals surface area contributed by atoms with Crippen LogP contribution in [0.3, 0.4) is 0 Å². The van der Waals surface area contributed by atoms with Crippen molar-refractivity contribution in [3.8, 4) is 17.2 Å². The molecule has 22 heavy (non-hydrogen) atoms. The minimum absolute atomic E-state index is 0.00151. The number of methoxy groups -OCH3 is 2. The highest BCUT2D eigenvalue weighted by Crippen LogP contribution is 2.33. The Balaban J connectivity index is 2.22. The molecule has 0 saturated carbocycles. The third-order valence-corrected chi connectivity index (χ3v) is 4.18. The van der Waals surface area contributed by atoms with Crippen molar-refractivity contribution in [3.63, 3.8) is 0 Å². The molecule has 0 radical (unpaired) electrons. The Hall–Kier alpha value is -2.06. The normalized spacial score (nSPS) is 10.7. The van der Waals surface area contributed by atoms with E-state index in [1.54, 1.807) is 32.4 Å². The maximum atomic E-state index is 12.6. The number of rotatable bonds is 7. The quantitative estimate of drug-likeness (QED) is 0.735. The van der Waals surface area contributed by atoms with Gasteiger partial charge in [0, 0.05) is 0 Å². The van der Waals surface area contributed by atoms with Crippen LogP contribution in [0.1, 0.15) is 17.3 Å². The van der Waals surface area contributed by atoms with Crippen LogP contribution in [0.5, 0.6) is 17.2 Å². The van der Waals surface area contributed by atoms with Gasteiger partial charge in [0.25, 0.3) is 0 Å². The molecule has 1 unspecified atom stereocenters. The highest BCUT2D eigenvalue weighted by Gasteiger charge is 2.18. The Morgan fingerprint density at radius 1 is 1.00 bits per heavy atom. The molecule has 2 aromatic rings. The second kappa shape index (κ2) is 7.81. The summed E-state index contributed by atoms with van der Waals surface area (Å²) in [4.78, 5) is 12.6. The SMILES string of the molecule is CCOc1ccc(PC(=O)c2c(OC)cccc2OC)cc1. The van der Waals surface area contributed by atoms with Gasteiger partial charge in [-0.1, -0.05) is 18.2 Å². The molecule has 0 amide bonds. The predicted molar refractivity (Wildman–Crippen MR) is 89.4 cm³/mol. The van der Waals surface area contributed by atoms with Crippen molar-refractivity contribution in [2.75, 3.05) is 20.8 Å². The lowest BCUT2D eigenvalue weighted by molar-refractivity contribution is 0.108. The zero-order valence-electron chi connectivity index (χ0n) is 12.9. The first kappa shape index (κ1) is 16.3. The minimum atomic E-state index is -0.0153. The minimum Gasteiger partial charge on any atom is -0.496 e. The molecule has 1 atom stereocenters. The maximum Gasteiger partial charge on any atom is 0.193 e. The lowest BCUT2D eigenvalue weighted by atomic mass is 10.2. The van der Waals surface area contributed by atoms with Gasteiger partial charge in [-0.3, -0.25) is 4.79 Å². The molecule has 0 spiro atoms. The van der Waals surface area contributed by atoms with Crippen molar-refractivity contribution in [2.45, 2.75) is 6.92 Å². The van der Waals surface area contributed by atoms with E-state index in [2.05, 4.69) is 0 Å². The van der Waals surface area contributed by atoms with Gasteiger partial charge in [0.05, 0.1) is 20.8 Å². The molecule has 0 saturated heterocycles. The highest BCUT2D eigenvalue weighted by atomic mass is 31.1. The van der Waals surface area contributed by atoms with E-state index in [0.717, 1.165) is 11.1 Å². The average Bonchev–Trinajstić information content (AvgIpc) is 2.56. The summed E-state index contributed by atoms with van der Waals surface area (Å²) in [6.45, 7) is 2.56. The molecule has 0 N–H and O–H groups in total. The number of hydrogen-bond donors (Lipinski definition) is 0. The topological polar surface area (TPSA) is 44.8 Å². The van der Waals surface area contributed by atoms with Crippen molar-refractivity contribution in [1.82, 2.24) is 0 Å². The van der Waals surface area contributed by atoms with Gasteiger partial charge < -0.3 is 14.2 Å².